The summed E-state index contributed by atoms with van der Waals surface area (Å²) in [4.78, 5) is 0. The van der Waals surface area contributed by atoms with Crippen molar-refractivity contribution in [1.29, 1.82) is 0 Å². The van der Waals surface area contributed by atoms with Crippen molar-refractivity contribution in [3.8, 4) is 0 Å². The van der Waals surface area contributed by atoms with E-state index in [1.807, 2.05) is 6.07 Å². The SMILES string of the molecule is CC(CCNC(C)(C)C)c1occc1Br. The smallest absolute Gasteiger partial charge is 0.120 e. The molecule has 86 valence electrons. The average Bonchev–Trinajstić information content (AvgIpc) is 2.48. The van der Waals surface area contributed by atoms with Crippen molar-refractivity contribution in [1.82, 2.24) is 5.32 Å². The summed E-state index contributed by atoms with van der Waals surface area (Å²) in [5.74, 6) is 1.50. The summed E-state index contributed by atoms with van der Waals surface area (Å²) in [6.07, 6.45) is 2.82. The van der Waals surface area contributed by atoms with Gasteiger partial charge in [-0.1, -0.05) is 6.92 Å². The largest absolute Gasteiger partial charge is 0.468 e. The lowest BCUT2D eigenvalue weighted by Crippen LogP contribution is -2.36. The van der Waals surface area contributed by atoms with Crippen LogP contribution in [-0.4, -0.2) is 12.1 Å². The van der Waals surface area contributed by atoms with Crippen LogP contribution in [0.3, 0.4) is 0 Å². The van der Waals surface area contributed by atoms with E-state index in [0.717, 1.165) is 23.2 Å². The lowest BCUT2D eigenvalue weighted by atomic mass is 10.0. The van der Waals surface area contributed by atoms with Gasteiger partial charge in [0.25, 0.3) is 0 Å². The van der Waals surface area contributed by atoms with Crippen molar-refractivity contribution in [3.05, 3.63) is 22.6 Å². The van der Waals surface area contributed by atoms with Crippen molar-refractivity contribution in [2.24, 2.45) is 0 Å². The lowest BCUT2D eigenvalue weighted by molar-refractivity contribution is 0.395. The molecule has 0 aliphatic heterocycles. The monoisotopic (exact) mass is 273 g/mol. The molecule has 0 amide bonds. The third-order valence-corrected chi connectivity index (χ3v) is 2.98. The molecule has 15 heavy (non-hydrogen) atoms. The van der Waals surface area contributed by atoms with E-state index in [9.17, 15) is 0 Å². The Hall–Kier alpha value is -0.280. The van der Waals surface area contributed by atoms with Gasteiger partial charge in [-0.25, -0.2) is 0 Å². The second-order valence-electron chi connectivity index (χ2n) is 5.00. The molecule has 0 fully saturated rings. The van der Waals surface area contributed by atoms with Crippen LogP contribution in [0.2, 0.25) is 0 Å². The molecule has 2 nitrogen and oxygen atoms in total. The fraction of sp³-hybridized carbons (Fsp3) is 0.667. The number of rotatable bonds is 4. The zero-order valence-electron chi connectivity index (χ0n) is 9.93. The average molecular weight is 274 g/mol. The standard InChI is InChI=1S/C12H20BrNO/c1-9(5-7-14-12(2,3)4)11-10(13)6-8-15-11/h6,8-9,14H,5,7H2,1-4H3. The highest BCUT2D eigenvalue weighted by molar-refractivity contribution is 9.10. The van der Waals surface area contributed by atoms with Crippen LogP contribution in [0.4, 0.5) is 0 Å². The summed E-state index contributed by atoms with van der Waals surface area (Å²) in [6, 6.07) is 1.95. The van der Waals surface area contributed by atoms with Crippen LogP contribution >= 0.6 is 15.9 Å². The highest BCUT2D eigenvalue weighted by Gasteiger charge is 2.14. The molecule has 1 aromatic rings. The van der Waals surface area contributed by atoms with E-state index < -0.39 is 0 Å². The molecule has 3 heteroatoms. The Kier molecular flexibility index (Phi) is 4.41. The Balaban J connectivity index is 2.37. The first kappa shape index (κ1) is 12.8. The molecule has 1 atom stereocenters. The maximum atomic E-state index is 5.43. The summed E-state index contributed by atoms with van der Waals surface area (Å²) in [7, 11) is 0. The predicted octanol–water partition coefficient (Wildman–Crippen LogP) is 3.92. The van der Waals surface area contributed by atoms with Crippen molar-refractivity contribution < 1.29 is 4.42 Å². The van der Waals surface area contributed by atoms with Gasteiger partial charge in [-0.05, 0) is 55.7 Å². The third-order valence-electron chi connectivity index (χ3n) is 2.33. The Morgan fingerprint density at radius 3 is 2.60 bits per heavy atom. The summed E-state index contributed by atoms with van der Waals surface area (Å²) in [6.45, 7) is 9.74. The lowest BCUT2D eigenvalue weighted by Gasteiger charge is -2.21. The molecule has 1 aromatic heterocycles. The molecule has 1 unspecified atom stereocenters. The Morgan fingerprint density at radius 2 is 2.13 bits per heavy atom. The summed E-state index contributed by atoms with van der Waals surface area (Å²) in [5, 5.41) is 3.48. The maximum Gasteiger partial charge on any atom is 0.120 e. The second kappa shape index (κ2) is 5.17. The second-order valence-corrected chi connectivity index (χ2v) is 5.85. The Bertz CT molecular complexity index is 301. The van der Waals surface area contributed by atoms with Gasteiger partial charge in [0.2, 0.25) is 0 Å². The van der Waals surface area contributed by atoms with E-state index in [1.165, 1.54) is 0 Å². The van der Waals surface area contributed by atoms with E-state index in [1.54, 1.807) is 6.26 Å². The number of halogens is 1. The normalized spacial score (nSPS) is 14.2. The molecule has 0 aromatic carbocycles. The molecular weight excluding hydrogens is 254 g/mol. The van der Waals surface area contributed by atoms with E-state index in [0.29, 0.717) is 5.92 Å². The quantitative estimate of drug-likeness (QED) is 0.900. The minimum absolute atomic E-state index is 0.195. The number of hydrogen-bond donors (Lipinski definition) is 1. The first-order valence-electron chi connectivity index (χ1n) is 5.38. The zero-order chi connectivity index (χ0) is 11.5. The van der Waals surface area contributed by atoms with E-state index in [-0.39, 0.29) is 5.54 Å². The van der Waals surface area contributed by atoms with Crippen LogP contribution in [0.1, 0.15) is 45.8 Å². The Morgan fingerprint density at radius 1 is 1.47 bits per heavy atom. The number of furan rings is 1. The summed E-state index contributed by atoms with van der Waals surface area (Å²) < 4.78 is 6.51. The van der Waals surface area contributed by atoms with E-state index in [2.05, 4.69) is 48.9 Å². The van der Waals surface area contributed by atoms with Crippen molar-refractivity contribution >= 4 is 15.9 Å². The maximum absolute atomic E-state index is 5.43. The number of nitrogens with one attached hydrogen (secondary N) is 1. The van der Waals surface area contributed by atoms with Gasteiger partial charge in [0, 0.05) is 11.5 Å². The molecule has 0 aliphatic rings. The van der Waals surface area contributed by atoms with Crippen LogP contribution in [-0.2, 0) is 0 Å². The van der Waals surface area contributed by atoms with E-state index in [4.69, 9.17) is 4.42 Å². The summed E-state index contributed by atoms with van der Waals surface area (Å²) >= 11 is 3.48. The molecule has 0 aliphatic carbocycles. The molecule has 1 N–H and O–H groups in total. The minimum atomic E-state index is 0.195. The van der Waals surface area contributed by atoms with Gasteiger partial charge >= 0.3 is 0 Å². The number of hydrogen-bond acceptors (Lipinski definition) is 2. The molecule has 0 spiro atoms. The van der Waals surface area contributed by atoms with Crippen molar-refractivity contribution in [2.75, 3.05) is 6.54 Å². The van der Waals surface area contributed by atoms with Gasteiger partial charge in [-0.3, -0.25) is 0 Å². The molecule has 0 bridgehead atoms. The zero-order valence-corrected chi connectivity index (χ0v) is 11.5. The predicted molar refractivity (Wildman–Crippen MR) is 67.2 cm³/mol. The van der Waals surface area contributed by atoms with Gasteiger partial charge in [-0.2, -0.15) is 0 Å². The third kappa shape index (κ3) is 4.39. The van der Waals surface area contributed by atoms with Crippen LogP contribution in [0.25, 0.3) is 0 Å². The molecule has 1 rings (SSSR count). The Labute approximate surface area is 101 Å². The van der Waals surface area contributed by atoms with Crippen LogP contribution in [0.15, 0.2) is 21.2 Å². The molecule has 0 radical (unpaired) electrons. The topological polar surface area (TPSA) is 25.2 Å². The minimum Gasteiger partial charge on any atom is -0.468 e. The molecule has 1 heterocycles. The molecule has 0 saturated carbocycles. The van der Waals surface area contributed by atoms with Crippen LogP contribution in [0, 0.1) is 0 Å². The van der Waals surface area contributed by atoms with Gasteiger partial charge < -0.3 is 9.73 Å². The van der Waals surface area contributed by atoms with Crippen LogP contribution < -0.4 is 5.32 Å². The van der Waals surface area contributed by atoms with Gasteiger partial charge in [0.05, 0.1) is 10.7 Å². The van der Waals surface area contributed by atoms with Crippen LogP contribution in [0.5, 0.6) is 0 Å². The first-order valence-corrected chi connectivity index (χ1v) is 6.17. The van der Waals surface area contributed by atoms with Crippen molar-refractivity contribution in [2.45, 2.75) is 45.6 Å². The fourth-order valence-electron chi connectivity index (χ4n) is 1.45. The summed E-state index contributed by atoms with van der Waals surface area (Å²) in [5.41, 5.74) is 0.195. The highest BCUT2D eigenvalue weighted by atomic mass is 79.9. The molecular formula is C12H20BrNO. The first-order chi connectivity index (χ1) is 6.90. The fourth-order valence-corrected chi connectivity index (χ4v) is 2.04. The van der Waals surface area contributed by atoms with E-state index >= 15 is 0 Å². The molecule has 0 saturated heterocycles. The van der Waals surface area contributed by atoms with Crippen molar-refractivity contribution in [3.63, 3.8) is 0 Å². The van der Waals surface area contributed by atoms with Gasteiger partial charge in [0.15, 0.2) is 0 Å². The van der Waals surface area contributed by atoms with Gasteiger partial charge in [-0.15, -0.1) is 0 Å². The van der Waals surface area contributed by atoms with Gasteiger partial charge in [0.1, 0.15) is 5.76 Å². The highest BCUT2D eigenvalue weighted by Crippen LogP contribution is 2.27.